The fraction of sp³-hybridized carbons (Fsp3) is 0.421. The highest BCUT2D eigenvalue weighted by molar-refractivity contribution is 5.74. The monoisotopic (exact) mass is 386 g/mol. The number of methoxy groups -OCH3 is 1. The van der Waals surface area contributed by atoms with Gasteiger partial charge in [0.2, 0.25) is 5.95 Å². The van der Waals surface area contributed by atoms with E-state index >= 15 is 0 Å². The van der Waals surface area contributed by atoms with E-state index in [4.69, 9.17) is 4.74 Å². The molecule has 9 nitrogen and oxygen atoms in total. The maximum Gasteiger partial charge on any atom is 0.332 e. The summed E-state index contributed by atoms with van der Waals surface area (Å²) in [6.07, 6.45) is 0. The molecule has 3 aromatic rings. The van der Waals surface area contributed by atoms with Gasteiger partial charge in [-0.15, -0.1) is 0 Å². The van der Waals surface area contributed by atoms with Crippen LogP contribution in [0.25, 0.3) is 11.2 Å². The SMILES string of the molecule is COc1cccc(Cn2c(NCCN(C)C)nc3c2c(=O)n(C)c(=O)n3C)c1. The van der Waals surface area contributed by atoms with Crippen molar-refractivity contribution in [3.05, 3.63) is 50.7 Å². The molecule has 1 N–H and O–H groups in total. The molecule has 0 radical (unpaired) electrons. The second-order valence-corrected chi connectivity index (χ2v) is 6.98. The van der Waals surface area contributed by atoms with Gasteiger partial charge in [0.05, 0.1) is 13.7 Å². The lowest BCUT2D eigenvalue weighted by Gasteiger charge is -2.13. The first-order chi connectivity index (χ1) is 13.3. The molecule has 0 fully saturated rings. The number of ether oxygens (including phenoxy) is 1. The van der Waals surface area contributed by atoms with Crippen LogP contribution in [0.15, 0.2) is 33.9 Å². The number of aromatic nitrogens is 4. The van der Waals surface area contributed by atoms with Crippen LogP contribution in [-0.4, -0.2) is 57.9 Å². The van der Waals surface area contributed by atoms with Crippen LogP contribution in [0.2, 0.25) is 0 Å². The van der Waals surface area contributed by atoms with Gasteiger partial charge in [0.1, 0.15) is 5.75 Å². The number of benzene rings is 1. The van der Waals surface area contributed by atoms with Crippen molar-refractivity contribution in [1.82, 2.24) is 23.6 Å². The average molecular weight is 386 g/mol. The first-order valence-corrected chi connectivity index (χ1v) is 9.01. The third-order valence-corrected chi connectivity index (χ3v) is 4.66. The molecule has 0 bridgehead atoms. The molecule has 0 aliphatic rings. The molecular formula is C19H26N6O3. The predicted octanol–water partition coefficient (Wildman–Crippen LogP) is 0.464. The van der Waals surface area contributed by atoms with Crippen molar-refractivity contribution in [3.8, 4) is 5.75 Å². The van der Waals surface area contributed by atoms with Crippen LogP contribution in [0.3, 0.4) is 0 Å². The molecule has 9 heteroatoms. The van der Waals surface area contributed by atoms with E-state index in [1.54, 1.807) is 14.2 Å². The Bertz CT molecular complexity index is 1110. The lowest BCUT2D eigenvalue weighted by atomic mass is 10.2. The zero-order valence-electron chi connectivity index (χ0n) is 16.9. The molecule has 0 amide bonds. The molecule has 0 spiro atoms. The average Bonchev–Trinajstić information content (AvgIpc) is 3.03. The number of rotatable bonds is 7. The molecular weight excluding hydrogens is 360 g/mol. The van der Waals surface area contributed by atoms with E-state index in [0.717, 1.165) is 22.4 Å². The minimum atomic E-state index is -0.400. The Labute approximate surface area is 162 Å². The number of likely N-dealkylation sites (N-methyl/N-ethyl adjacent to an activating group) is 1. The third kappa shape index (κ3) is 3.65. The van der Waals surface area contributed by atoms with Crippen molar-refractivity contribution in [1.29, 1.82) is 0 Å². The molecule has 2 heterocycles. The molecule has 0 unspecified atom stereocenters. The van der Waals surface area contributed by atoms with E-state index in [-0.39, 0.29) is 5.56 Å². The Balaban J connectivity index is 2.15. The van der Waals surface area contributed by atoms with Gasteiger partial charge in [-0.1, -0.05) is 12.1 Å². The Kier molecular flexibility index (Phi) is 5.55. The van der Waals surface area contributed by atoms with Crippen LogP contribution in [0.5, 0.6) is 5.75 Å². The fourth-order valence-electron chi connectivity index (χ4n) is 3.08. The topological polar surface area (TPSA) is 86.3 Å². The summed E-state index contributed by atoms with van der Waals surface area (Å²) in [5.74, 6) is 1.29. The van der Waals surface area contributed by atoms with Crippen molar-refractivity contribution in [2.75, 3.05) is 39.6 Å². The fourth-order valence-corrected chi connectivity index (χ4v) is 3.08. The van der Waals surface area contributed by atoms with Crippen molar-refractivity contribution >= 4 is 17.1 Å². The standard InChI is InChI=1S/C19H26N6O3/c1-22(2)10-9-20-18-21-16-15(17(26)24(4)19(27)23(16)3)25(18)12-13-7-6-8-14(11-13)28-5/h6-8,11H,9-10,12H2,1-5H3,(H,20,21). The summed E-state index contributed by atoms with van der Waals surface area (Å²) in [5, 5.41) is 3.29. The predicted molar refractivity (Wildman–Crippen MR) is 109 cm³/mol. The normalized spacial score (nSPS) is 11.4. The van der Waals surface area contributed by atoms with Gasteiger partial charge >= 0.3 is 5.69 Å². The van der Waals surface area contributed by atoms with Gasteiger partial charge < -0.3 is 15.0 Å². The maximum atomic E-state index is 12.9. The molecule has 0 aliphatic heterocycles. The lowest BCUT2D eigenvalue weighted by molar-refractivity contribution is 0.414. The van der Waals surface area contributed by atoms with Gasteiger partial charge in [-0.3, -0.25) is 18.5 Å². The summed E-state index contributed by atoms with van der Waals surface area (Å²) >= 11 is 0. The number of fused-ring (bicyclic) bond motifs is 1. The third-order valence-electron chi connectivity index (χ3n) is 4.66. The van der Waals surface area contributed by atoms with Crippen molar-refractivity contribution in [2.24, 2.45) is 14.1 Å². The highest BCUT2D eigenvalue weighted by Gasteiger charge is 2.19. The van der Waals surface area contributed by atoms with Crippen molar-refractivity contribution in [2.45, 2.75) is 6.54 Å². The Hall–Kier alpha value is -3.07. The van der Waals surface area contributed by atoms with Crippen LogP contribution in [-0.2, 0) is 20.6 Å². The van der Waals surface area contributed by atoms with Gasteiger partial charge in [-0.25, -0.2) is 4.79 Å². The number of aryl methyl sites for hydroxylation is 1. The number of nitrogens with one attached hydrogen (secondary N) is 1. The van der Waals surface area contributed by atoms with Crippen LogP contribution in [0, 0.1) is 0 Å². The number of hydrogen-bond acceptors (Lipinski definition) is 6. The van der Waals surface area contributed by atoms with E-state index < -0.39 is 5.69 Å². The lowest BCUT2D eigenvalue weighted by Crippen LogP contribution is -2.37. The zero-order valence-corrected chi connectivity index (χ0v) is 16.9. The van der Waals surface area contributed by atoms with E-state index in [2.05, 4.69) is 15.2 Å². The number of anilines is 1. The van der Waals surface area contributed by atoms with Gasteiger partial charge in [0.25, 0.3) is 5.56 Å². The minimum absolute atomic E-state index is 0.364. The van der Waals surface area contributed by atoms with E-state index in [1.165, 1.54) is 11.6 Å². The van der Waals surface area contributed by atoms with Crippen molar-refractivity contribution < 1.29 is 4.74 Å². The number of hydrogen-bond donors (Lipinski definition) is 1. The Morgan fingerprint density at radius 1 is 1.18 bits per heavy atom. The zero-order chi connectivity index (χ0) is 20.4. The molecule has 1 aromatic carbocycles. The summed E-state index contributed by atoms with van der Waals surface area (Å²) in [4.78, 5) is 31.8. The van der Waals surface area contributed by atoms with Crippen molar-refractivity contribution in [3.63, 3.8) is 0 Å². The second-order valence-electron chi connectivity index (χ2n) is 6.98. The van der Waals surface area contributed by atoms with E-state index in [9.17, 15) is 9.59 Å². The van der Waals surface area contributed by atoms with E-state index in [0.29, 0.717) is 30.2 Å². The van der Waals surface area contributed by atoms with E-state index in [1.807, 2.05) is 42.9 Å². The van der Waals surface area contributed by atoms with Gasteiger partial charge in [0, 0.05) is 27.2 Å². The molecule has 0 aliphatic carbocycles. The molecule has 3 rings (SSSR count). The maximum absolute atomic E-state index is 12.9. The second kappa shape index (κ2) is 7.89. The molecule has 0 saturated carbocycles. The smallest absolute Gasteiger partial charge is 0.332 e. The van der Waals surface area contributed by atoms with Gasteiger partial charge in [0.15, 0.2) is 11.2 Å². The molecule has 2 aromatic heterocycles. The molecule has 0 atom stereocenters. The summed E-state index contributed by atoms with van der Waals surface area (Å²) in [6, 6.07) is 7.65. The van der Waals surface area contributed by atoms with Gasteiger partial charge in [-0.05, 0) is 31.8 Å². The molecule has 0 saturated heterocycles. The molecule has 150 valence electrons. The first kappa shape index (κ1) is 19.7. The number of imidazole rings is 1. The van der Waals surface area contributed by atoms with Crippen LogP contribution >= 0.6 is 0 Å². The Morgan fingerprint density at radius 3 is 2.61 bits per heavy atom. The molecule has 28 heavy (non-hydrogen) atoms. The first-order valence-electron chi connectivity index (χ1n) is 9.01. The quantitative estimate of drug-likeness (QED) is 0.635. The van der Waals surface area contributed by atoms with Gasteiger partial charge in [-0.2, -0.15) is 4.98 Å². The number of nitrogens with zero attached hydrogens (tertiary/aromatic N) is 5. The van der Waals surface area contributed by atoms with Crippen LogP contribution in [0.4, 0.5) is 5.95 Å². The summed E-state index contributed by atoms with van der Waals surface area (Å²) in [5.41, 5.74) is 0.950. The van der Waals surface area contributed by atoms with Crippen LogP contribution < -0.4 is 21.3 Å². The largest absolute Gasteiger partial charge is 0.497 e. The van der Waals surface area contributed by atoms with Crippen LogP contribution in [0.1, 0.15) is 5.56 Å². The highest BCUT2D eigenvalue weighted by Crippen LogP contribution is 2.20. The highest BCUT2D eigenvalue weighted by atomic mass is 16.5. The Morgan fingerprint density at radius 2 is 1.93 bits per heavy atom. The summed E-state index contributed by atoms with van der Waals surface area (Å²) < 4.78 is 9.63. The minimum Gasteiger partial charge on any atom is -0.497 e. The summed E-state index contributed by atoms with van der Waals surface area (Å²) in [7, 11) is 8.69. The summed E-state index contributed by atoms with van der Waals surface area (Å²) in [6.45, 7) is 1.88.